The molecular formula is C24H34N4O4S. The Morgan fingerprint density at radius 2 is 1.97 bits per heavy atom. The van der Waals surface area contributed by atoms with Crippen LogP contribution in [-0.4, -0.2) is 39.2 Å². The van der Waals surface area contributed by atoms with E-state index in [-0.39, 0.29) is 29.6 Å². The largest absolute Gasteiger partial charge is 0.474 e. The number of carbonyl (C=O) groups excluding carboxylic acids is 2. The molecule has 1 atom stereocenters. The predicted molar refractivity (Wildman–Crippen MR) is 128 cm³/mol. The lowest BCUT2D eigenvalue weighted by molar-refractivity contribution is -0.118. The van der Waals surface area contributed by atoms with Crippen LogP contribution in [0.15, 0.2) is 6.33 Å². The van der Waals surface area contributed by atoms with Crippen LogP contribution < -0.4 is 15.8 Å². The normalized spacial score (nSPS) is 25.0. The standard InChI is InChI=1S/C24H34N4O4S/c1-5-24(28-22(30)32-23(2,3)4)10-8-15(9-11-24)31-20-19-18-14(12-17(25)29)6-7-16(18)33-21(19)27-13-26-20/h13-15H,5-12H2,1-4H3,(H2,25,29)(H,28,30). The molecule has 2 aromatic rings. The molecule has 0 bridgehead atoms. The van der Waals surface area contributed by atoms with E-state index in [1.165, 1.54) is 4.88 Å². The zero-order chi connectivity index (χ0) is 23.8. The predicted octanol–water partition coefficient (Wildman–Crippen LogP) is 4.59. The number of carbonyl (C=O) groups is 2. The monoisotopic (exact) mass is 474 g/mol. The highest BCUT2D eigenvalue weighted by atomic mass is 32.1. The second-order valence-corrected chi connectivity index (χ2v) is 11.4. The quantitative estimate of drug-likeness (QED) is 0.632. The third-order valence-corrected chi connectivity index (χ3v) is 7.93. The summed E-state index contributed by atoms with van der Waals surface area (Å²) in [7, 11) is 0. The summed E-state index contributed by atoms with van der Waals surface area (Å²) in [6.45, 7) is 7.70. The number of thiophene rings is 1. The molecule has 1 saturated carbocycles. The van der Waals surface area contributed by atoms with Gasteiger partial charge in [-0.3, -0.25) is 4.79 Å². The molecule has 4 rings (SSSR count). The van der Waals surface area contributed by atoms with E-state index in [1.807, 2.05) is 20.8 Å². The zero-order valence-electron chi connectivity index (χ0n) is 19.9. The summed E-state index contributed by atoms with van der Waals surface area (Å²) in [6.07, 6.45) is 7.48. The second kappa shape index (κ2) is 9.08. The number of aryl methyl sites for hydroxylation is 1. The fraction of sp³-hybridized carbons (Fsp3) is 0.667. The Bertz CT molecular complexity index is 1040. The molecule has 0 radical (unpaired) electrons. The molecule has 9 heteroatoms. The fourth-order valence-electron chi connectivity index (χ4n) is 5.08. The third-order valence-electron chi connectivity index (χ3n) is 6.75. The summed E-state index contributed by atoms with van der Waals surface area (Å²) >= 11 is 1.66. The van der Waals surface area contributed by atoms with E-state index in [2.05, 4.69) is 22.2 Å². The van der Waals surface area contributed by atoms with Crippen molar-refractivity contribution in [2.75, 3.05) is 0 Å². The van der Waals surface area contributed by atoms with Gasteiger partial charge in [0.15, 0.2) is 0 Å². The Hall–Kier alpha value is -2.42. The lowest BCUT2D eigenvalue weighted by atomic mass is 9.78. The molecule has 8 nitrogen and oxygen atoms in total. The topological polar surface area (TPSA) is 116 Å². The molecule has 2 aliphatic carbocycles. The Morgan fingerprint density at radius 3 is 2.61 bits per heavy atom. The van der Waals surface area contributed by atoms with Crippen molar-refractivity contribution in [3.63, 3.8) is 0 Å². The first-order chi connectivity index (χ1) is 15.6. The van der Waals surface area contributed by atoms with Crippen LogP contribution in [0.2, 0.25) is 0 Å². The minimum absolute atomic E-state index is 0.00903. The zero-order valence-corrected chi connectivity index (χ0v) is 20.7. The lowest BCUT2D eigenvalue weighted by Crippen LogP contribution is -2.52. The van der Waals surface area contributed by atoms with E-state index >= 15 is 0 Å². The highest BCUT2D eigenvalue weighted by Gasteiger charge is 2.38. The number of aromatic nitrogens is 2. The van der Waals surface area contributed by atoms with Crippen molar-refractivity contribution in [1.29, 1.82) is 0 Å². The van der Waals surface area contributed by atoms with E-state index < -0.39 is 5.60 Å². The van der Waals surface area contributed by atoms with Gasteiger partial charge in [-0.05, 0) is 77.2 Å². The fourth-order valence-corrected chi connectivity index (χ4v) is 6.31. The van der Waals surface area contributed by atoms with Gasteiger partial charge in [0.2, 0.25) is 11.8 Å². The summed E-state index contributed by atoms with van der Waals surface area (Å²) in [6, 6.07) is 0. The first kappa shape index (κ1) is 23.7. The molecule has 3 N–H and O–H groups in total. The molecule has 0 aliphatic heterocycles. The summed E-state index contributed by atoms with van der Waals surface area (Å²) in [5.74, 6) is 0.423. The number of nitrogens with zero attached hydrogens (tertiary/aromatic N) is 2. The van der Waals surface area contributed by atoms with Crippen molar-refractivity contribution < 1.29 is 19.1 Å². The smallest absolute Gasteiger partial charge is 0.408 e. The van der Waals surface area contributed by atoms with Gasteiger partial charge in [-0.15, -0.1) is 11.3 Å². The molecule has 0 spiro atoms. The second-order valence-electron chi connectivity index (χ2n) is 10.3. The Kier molecular flexibility index (Phi) is 6.53. The van der Waals surface area contributed by atoms with E-state index in [9.17, 15) is 9.59 Å². The van der Waals surface area contributed by atoms with E-state index in [0.29, 0.717) is 12.3 Å². The van der Waals surface area contributed by atoms with Gasteiger partial charge in [0.05, 0.1) is 5.39 Å². The first-order valence-electron chi connectivity index (χ1n) is 11.8. The minimum Gasteiger partial charge on any atom is -0.474 e. The number of nitrogens with one attached hydrogen (secondary N) is 1. The molecule has 180 valence electrons. The van der Waals surface area contributed by atoms with Crippen LogP contribution in [0.4, 0.5) is 4.79 Å². The van der Waals surface area contributed by atoms with Crippen LogP contribution in [0.3, 0.4) is 0 Å². The van der Waals surface area contributed by atoms with Crippen molar-refractivity contribution in [2.45, 2.75) is 102 Å². The molecule has 0 saturated heterocycles. The summed E-state index contributed by atoms with van der Waals surface area (Å²) in [4.78, 5) is 35.1. The molecule has 33 heavy (non-hydrogen) atoms. The van der Waals surface area contributed by atoms with Crippen LogP contribution in [0.5, 0.6) is 5.88 Å². The average molecular weight is 475 g/mol. The van der Waals surface area contributed by atoms with Gasteiger partial charge in [0, 0.05) is 16.8 Å². The number of hydrogen-bond acceptors (Lipinski definition) is 7. The van der Waals surface area contributed by atoms with Crippen LogP contribution in [0, 0.1) is 0 Å². The number of primary amides is 1. The molecule has 1 unspecified atom stereocenters. The Morgan fingerprint density at radius 1 is 1.24 bits per heavy atom. The summed E-state index contributed by atoms with van der Waals surface area (Å²) in [5.41, 5.74) is 5.85. The maximum atomic E-state index is 12.4. The molecule has 1 fully saturated rings. The third kappa shape index (κ3) is 5.23. The summed E-state index contributed by atoms with van der Waals surface area (Å²) < 4.78 is 11.9. The highest BCUT2D eigenvalue weighted by molar-refractivity contribution is 7.19. The van der Waals surface area contributed by atoms with Gasteiger partial charge in [-0.2, -0.15) is 0 Å². The minimum atomic E-state index is -0.523. The van der Waals surface area contributed by atoms with E-state index in [4.69, 9.17) is 15.2 Å². The average Bonchev–Trinajstić information content (AvgIpc) is 3.28. The van der Waals surface area contributed by atoms with Crippen molar-refractivity contribution >= 4 is 33.6 Å². The van der Waals surface area contributed by atoms with Gasteiger partial charge in [0.1, 0.15) is 22.9 Å². The number of ether oxygens (including phenoxy) is 2. The van der Waals surface area contributed by atoms with E-state index in [1.54, 1.807) is 17.7 Å². The number of amides is 2. The molecule has 2 aliphatic rings. The van der Waals surface area contributed by atoms with Crippen molar-refractivity contribution in [1.82, 2.24) is 15.3 Å². The number of rotatable bonds is 6. The number of hydrogen-bond donors (Lipinski definition) is 2. The maximum absolute atomic E-state index is 12.4. The molecule has 2 amide bonds. The van der Waals surface area contributed by atoms with Crippen molar-refractivity contribution in [2.24, 2.45) is 5.73 Å². The SMILES string of the molecule is CCC1(NC(=O)OC(C)(C)C)CCC(Oc2ncnc3sc4c(c23)C(CC(N)=O)CC4)CC1. The first-order valence-corrected chi connectivity index (χ1v) is 12.6. The van der Waals surface area contributed by atoms with Crippen molar-refractivity contribution in [3.8, 4) is 5.88 Å². The molecule has 2 aromatic heterocycles. The van der Waals surface area contributed by atoms with Gasteiger partial charge in [-0.25, -0.2) is 14.8 Å². The lowest BCUT2D eigenvalue weighted by Gasteiger charge is -2.40. The van der Waals surface area contributed by atoms with Gasteiger partial charge in [-0.1, -0.05) is 6.92 Å². The molecular weight excluding hydrogens is 440 g/mol. The maximum Gasteiger partial charge on any atom is 0.408 e. The van der Waals surface area contributed by atoms with Crippen molar-refractivity contribution in [3.05, 3.63) is 16.8 Å². The molecule has 0 aromatic carbocycles. The van der Waals surface area contributed by atoms with Crippen LogP contribution in [0.25, 0.3) is 10.2 Å². The number of alkyl carbamates (subject to hydrolysis) is 1. The van der Waals surface area contributed by atoms with Crippen LogP contribution >= 0.6 is 11.3 Å². The van der Waals surface area contributed by atoms with E-state index in [0.717, 1.165) is 60.7 Å². The number of nitrogens with two attached hydrogens (primary N) is 1. The Labute approximate surface area is 198 Å². The van der Waals surface area contributed by atoms with Gasteiger partial charge in [0.25, 0.3) is 0 Å². The highest BCUT2D eigenvalue weighted by Crippen LogP contribution is 2.47. The number of fused-ring (bicyclic) bond motifs is 3. The van der Waals surface area contributed by atoms with Crippen LogP contribution in [-0.2, 0) is 16.0 Å². The Balaban J connectivity index is 1.47. The van der Waals surface area contributed by atoms with Crippen LogP contribution in [0.1, 0.15) is 89.0 Å². The summed E-state index contributed by atoms with van der Waals surface area (Å²) in [5, 5.41) is 4.07. The van der Waals surface area contributed by atoms with Gasteiger partial charge >= 0.3 is 6.09 Å². The molecule has 2 heterocycles. The van der Waals surface area contributed by atoms with Gasteiger partial charge < -0.3 is 20.5 Å².